The number of aryl methyl sites for hydroxylation is 1. The molecule has 4 aromatic rings. The van der Waals surface area contributed by atoms with Gasteiger partial charge in [-0.15, -0.1) is 0 Å². The van der Waals surface area contributed by atoms with Gasteiger partial charge in [-0.3, -0.25) is 9.59 Å². The van der Waals surface area contributed by atoms with Crippen molar-refractivity contribution in [2.24, 2.45) is 0 Å². The van der Waals surface area contributed by atoms with Crippen molar-refractivity contribution in [2.45, 2.75) is 32.0 Å². The summed E-state index contributed by atoms with van der Waals surface area (Å²) in [5.41, 5.74) is 2.83. The van der Waals surface area contributed by atoms with Gasteiger partial charge in [-0.25, -0.2) is 0 Å². The van der Waals surface area contributed by atoms with Crippen LogP contribution >= 0.6 is 0 Å². The first kappa shape index (κ1) is 23.1. The summed E-state index contributed by atoms with van der Waals surface area (Å²) in [5, 5.41) is 2.95. The van der Waals surface area contributed by atoms with Crippen molar-refractivity contribution in [3.63, 3.8) is 0 Å². The molecule has 1 heterocycles. The van der Waals surface area contributed by atoms with Gasteiger partial charge in [0.05, 0.1) is 12.8 Å². The molecule has 0 aliphatic carbocycles. The van der Waals surface area contributed by atoms with Crippen LogP contribution in [0.15, 0.2) is 114 Å². The maximum atomic E-state index is 13.6. The van der Waals surface area contributed by atoms with E-state index in [1.807, 2.05) is 97.1 Å². The van der Waals surface area contributed by atoms with Crippen LogP contribution in [0.2, 0.25) is 0 Å². The highest BCUT2D eigenvalue weighted by Gasteiger charge is 2.31. The average Bonchev–Trinajstić information content (AvgIpc) is 3.41. The smallest absolute Gasteiger partial charge is 0.247 e. The van der Waals surface area contributed by atoms with E-state index in [0.29, 0.717) is 25.1 Å². The average molecular weight is 453 g/mol. The van der Waals surface area contributed by atoms with Crippen molar-refractivity contribution in [1.82, 2.24) is 10.2 Å². The monoisotopic (exact) mass is 452 g/mol. The zero-order chi connectivity index (χ0) is 23.6. The third kappa shape index (κ3) is 6.23. The van der Waals surface area contributed by atoms with E-state index in [-0.39, 0.29) is 18.4 Å². The van der Waals surface area contributed by atoms with E-state index in [4.69, 9.17) is 4.42 Å². The Hall–Kier alpha value is -4.12. The van der Waals surface area contributed by atoms with Gasteiger partial charge >= 0.3 is 0 Å². The van der Waals surface area contributed by atoms with Gasteiger partial charge in [0, 0.05) is 13.0 Å². The molecule has 0 aliphatic rings. The number of nitrogens with zero attached hydrogens (tertiary/aromatic N) is 1. The molecular weight excluding hydrogens is 424 g/mol. The van der Waals surface area contributed by atoms with Crippen LogP contribution in [-0.2, 0) is 29.1 Å². The first-order valence-corrected chi connectivity index (χ1v) is 11.4. The van der Waals surface area contributed by atoms with Crippen LogP contribution in [0, 0.1) is 0 Å². The fraction of sp³-hybridized carbons (Fsp3) is 0.172. The number of carbonyl (C=O) groups is 2. The number of hydrogen-bond acceptors (Lipinski definition) is 3. The van der Waals surface area contributed by atoms with Crippen molar-refractivity contribution in [1.29, 1.82) is 0 Å². The van der Waals surface area contributed by atoms with Gasteiger partial charge < -0.3 is 14.6 Å². The highest BCUT2D eigenvalue weighted by Crippen LogP contribution is 2.25. The minimum absolute atomic E-state index is 0.0743. The fourth-order valence-corrected chi connectivity index (χ4v) is 3.94. The Labute approximate surface area is 200 Å². The van der Waals surface area contributed by atoms with Gasteiger partial charge in [0.15, 0.2) is 0 Å². The third-order valence-corrected chi connectivity index (χ3v) is 5.68. The predicted octanol–water partition coefficient (Wildman–Crippen LogP) is 5.30. The highest BCUT2D eigenvalue weighted by molar-refractivity contribution is 5.88. The van der Waals surface area contributed by atoms with Crippen LogP contribution in [-0.4, -0.2) is 16.7 Å². The summed E-state index contributed by atoms with van der Waals surface area (Å²) in [6, 6.07) is 32.0. The maximum absolute atomic E-state index is 13.6. The van der Waals surface area contributed by atoms with Crippen molar-refractivity contribution in [3.8, 4) is 0 Å². The molecule has 2 amide bonds. The summed E-state index contributed by atoms with van der Waals surface area (Å²) in [5.74, 6) is 0.339. The molecule has 3 aromatic carbocycles. The molecule has 0 aliphatic heterocycles. The van der Waals surface area contributed by atoms with Crippen LogP contribution in [0.1, 0.15) is 34.9 Å². The van der Waals surface area contributed by atoms with E-state index in [1.54, 1.807) is 17.2 Å². The Morgan fingerprint density at radius 1 is 0.765 bits per heavy atom. The Balaban J connectivity index is 1.61. The lowest BCUT2D eigenvalue weighted by Gasteiger charge is -2.31. The molecule has 1 N–H and O–H groups in total. The number of benzene rings is 3. The van der Waals surface area contributed by atoms with Crippen LogP contribution < -0.4 is 5.32 Å². The topological polar surface area (TPSA) is 62.6 Å². The summed E-state index contributed by atoms with van der Waals surface area (Å²) in [4.78, 5) is 28.8. The van der Waals surface area contributed by atoms with E-state index in [9.17, 15) is 9.59 Å². The quantitative estimate of drug-likeness (QED) is 0.355. The van der Waals surface area contributed by atoms with E-state index in [2.05, 4.69) is 5.32 Å². The van der Waals surface area contributed by atoms with Gasteiger partial charge in [0.25, 0.3) is 0 Å². The molecule has 1 aromatic heterocycles. The third-order valence-electron chi connectivity index (χ3n) is 5.68. The minimum Gasteiger partial charge on any atom is -0.467 e. The van der Waals surface area contributed by atoms with Crippen LogP contribution in [0.5, 0.6) is 0 Å². The zero-order valence-corrected chi connectivity index (χ0v) is 19.0. The van der Waals surface area contributed by atoms with Gasteiger partial charge in [-0.05, 0) is 35.2 Å². The Kier molecular flexibility index (Phi) is 7.90. The molecule has 5 nitrogen and oxygen atoms in total. The second-order valence-electron chi connectivity index (χ2n) is 8.10. The molecule has 0 unspecified atom stereocenters. The normalized spacial score (nSPS) is 11.5. The molecule has 5 heteroatoms. The second-order valence-corrected chi connectivity index (χ2v) is 8.10. The number of furan rings is 1. The van der Waals surface area contributed by atoms with E-state index >= 15 is 0 Å². The number of rotatable bonds is 10. The van der Waals surface area contributed by atoms with Gasteiger partial charge in [0.2, 0.25) is 11.8 Å². The van der Waals surface area contributed by atoms with E-state index in [1.165, 1.54) is 0 Å². The molecule has 0 spiro atoms. The highest BCUT2D eigenvalue weighted by atomic mass is 16.3. The van der Waals surface area contributed by atoms with Crippen molar-refractivity contribution in [2.75, 3.05) is 0 Å². The molecule has 34 heavy (non-hydrogen) atoms. The van der Waals surface area contributed by atoms with E-state index < -0.39 is 6.04 Å². The zero-order valence-electron chi connectivity index (χ0n) is 19.0. The second kappa shape index (κ2) is 11.7. The van der Waals surface area contributed by atoms with Crippen LogP contribution in [0.25, 0.3) is 0 Å². The molecular formula is C29H28N2O3. The van der Waals surface area contributed by atoms with Gasteiger partial charge in [-0.2, -0.15) is 0 Å². The lowest BCUT2D eigenvalue weighted by atomic mass is 10.0. The Bertz CT molecular complexity index is 1160. The van der Waals surface area contributed by atoms with Crippen LogP contribution in [0.3, 0.4) is 0 Å². The maximum Gasteiger partial charge on any atom is 0.247 e. The lowest BCUT2D eigenvalue weighted by molar-refractivity contribution is -0.141. The minimum atomic E-state index is -0.764. The Morgan fingerprint density at radius 2 is 1.38 bits per heavy atom. The fourth-order valence-electron chi connectivity index (χ4n) is 3.94. The molecule has 0 saturated heterocycles. The molecule has 172 valence electrons. The van der Waals surface area contributed by atoms with Crippen LogP contribution in [0.4, 0.5) is 0 Å². The summed E-state index contributed by atoms with van der Waals surface area (Å²) >= 11 is 0. The number of nitrogens with one attached hydrogen (secondary N) is 1. The van der Waals surface area contributed by atoms with E-state index in [0.717, 1.165) is 16.7 Å². The number of carbonyl (C=O) groups excluding carboxylic acids is 2. The summed E-state index contributed by atoms with van der Waals surface area (Å²) in [7, 11) is 0. The molecule has 0 bridgehead atoms. The standard InChI is InChI=1S/C29H28N2O3/c32-27(19-18-23-11-4-1-5-12-23)31(22-24-13-6-2-7-14-24)28(25-15-8-3-9-16-25)29(33)30-21-26-17-10-20-34-26/h1-17,20,28H,18-19,21-22H2,(H,30,33)/t28-/m0/s1. The predicted molar refractivity (Wildman–Crippen MR) is 131 cm³/mol. The molecule has 1 atom stereocenters. The summed E-state index contributed by atoms with van der Waals surface area (Å²) in [6.45, 7) is 0.592. The van der Waals surface area contributed by atoms with Crippen molar-refractivity contribution >= 4 is 11.8 Å². The molecule has 0 saturated carbocycles. The number of hydrogen-bond donors (Lipinski definition) is 1. The SMILES string of the molecule is O=C(NCc1ccco1)[C@H](c1ccccc1)N(Cc1ccccc1)C(=O)CCc1ccccc1. The van der Waals surface area contributed by atoms with Gasteiger partial charge in [0.1, 0.15) is 11.8 Å². The first-order chi connectivity index (χ1) is 16.7. The summed E-state index contributed by atoms with van der Waals surface area (Å²) in [6.07, 6.45) is 2.50. The van der Waals surface area contributed by atoms with Gasteiger partial charge in [-0.1, -0.05) is 91.0 Å². The Morgan fingerprint density at radius 3 is 2.00 bits per heavy atom. The van der Waals surface area contributed by atoms with Crippen molar-refractivity contribution < 1.29 is 14.0 Å². The largest absolute Gasteiger partial charge is 0.467 e. The number of amides is 2. The first-order valence-electron chi connectivity index (χ1n) is 11.4. The molecule has 4 rings (SSSR count). The molecule has 0 radical (unpaired) electrons. The molecule has 0 fully saturated rings. The lowest BCUT2D eigenvalue weighted by Crippen LogP contribution is -2.43. The summed E-state index contributed by atoms with van der Waals surface area (Å²) < 4.78 is 5.37. The van der Waals surface area contributed by atoms with Crippen molar-refractivity contribution in [3.05, 3.63) is 132 Å².